The van der Waals surface area contributed by atoms with Gasteiger partial charge < -0.3 is 4.74 Å². The van der Waals surface area contributed by atoms with E-state index in [2.05, 4.69) is 19.1 Å². The summed E-state index contributed by atoms with van der Waals surface area (Å²) in [7, 11) is 0. The molecule has 0 aromatic heterocycles. The lowest BCUT2D eigenvalue weighted by molar-refractivity contribution is 0.0557. The van der Waals surface area contributed by atoms with Gasteiger partial charge in [0.15, 0.2) is 0 Å². The van der Waals surface area contributed by atoms with Crippen molar-refractivity contribution >= 4 is 0 Å². The maximum Gasteiger partial charge on any atom is 0.0670 e. The monoisotopic (exact) mass is 194 g/mol. The van der Waals surface area contributed by atoms with Gasteiger partial charge in [-0.25, -0.2) is 0 Å². The van der Waals surface area contributed by atoms with Crippen molar-refractivity contribution < 1.29 is 4.74 Å². The molecule has 1 unspecified atom stereocenters. The Morgan fingerprint density at radius 1 is 1.21 bits per heavy atom. The lowest BCUT2D eigenvalue weighted by atomic mass is 9.94. The minimum atomic E-state index is -0.208. The van der Waals surface area contributed by atoms with Crippen molar-refractivity contribution in [1.82, 2.24) is 0 Å². The maximum absolute atomic E-state index is 8.79. The molecule has 0 heterocycles. The summed E-state index contributed by atoms with van der Waals surface area (Å²) in [5, 5.41) is 17.4. The number of nitriles is 2. The molecule has 0 aliphatic rings. The van der Waals surface area contributed by atoms with Gasteiger partial charge in [0.2, 0.25) is 0 Å². The summed E-state index contributed by atoms with van der Waals surface area (Å²) in [6.45, 7) is 6.41. The molecule has 0 aromatic carbocycles. The van der Waals surface area contributed by atoms with Crippen molar-refractivity contribution in [1.29, 1.82) is 10.5 Å². The molecule has 0 rings (SSSR count). The molecule has 0 radical (unpaired) electrons. The lowest BCUT2D eigenvalue weighted by Gasteiger charge is -2.13. The van der Waals surface area contributed by atoms with Crippen molar-refractivity contribution in [3.8, 4) is 12.1 Å². The zero-order valence-corrected chi connectivity index (χ0v) is 9.16. The number of hydrogen-bond acceptors (Lipinski definition) is 3. The van der Waals surface area contributed by atoms with Gasteiger partial charge in [-0.2, -0.15) is 10.5 Å². The topological polar surface area (TPSA) is 56.8 Å². The summed E-state index contributed by atoms with van der Waals surface area (Å²) in [5.74, 6) is -0.412. The van der Waals surface area contributed by atoms with E-state index in [1.54, 1.807) is 6.92 Å². The first-order valence-corrected chi connectivity index (χ1v) is 5.06. The molecule has 0 fully saturated rings. The Bertz CT molecular complexity index is 226. The molecule has 0 aliphatic carbocycles. The minimum absolute atomic E-state index is 0.205. The lowest BCUT2D eigenvalue weighted by Crippen LogP contribution is -2.14. The Balaban J connectivity index is 3.77. The van der Waals surface area contributed by atoms with Gasteiger partial charge in [-0.3, -0.25) is 0 Å². The fraction of sp³-hybridized carbons (Fsp3) is 0.818. The van der Waals surface area contributed by atoms with Crippen LogP contribution in [0.15, 0.2) is 0 Å². The van der Waals surface area contributed by atoms with E-state index in [9.17, 15) is 0 Å². The highest BCUT2D eigenvalue weighted by Crippen LogP contribution is 2.14. The summed E-state index contributed by atoms with van der Waals surface area (Å²) >= 11 is 0. The Labute approximate surface area is 86.3 Å². The molecule has 0 saturated carbocycles. The molecule has 0 amide bonds. The van der Waals surface area contributed by atoms with E-state index >= 15 is 0 Å². The molecule has 3 nitrogen and oxygen atoms in total. The van der Waals surface area contributed by atoms with Crippen molar-refractivity contribution in [2.75, 3.05) is 6.61 Å². The van der Waals surface area contributed by atoms with Gasteiger partial charge in [0.25, 0.3) is 0 Å². The van der Waals surface area contributed by atoms with E-state index in [-0.39, 0.29) is 17.9 Å². The molecule has 0 N–H and O–H groups in total. The summed E-state index contributed by atoms with van der Waals surface area (Å²) in [6.07, 6.45) is 1.87. The van der Waals surface area contributed by atoms with Crippen LogP contribution in [-0.4, -0.2) is 12.7 Å². The summed E-state index contributed by atoms with van der Waals surface area (Å²) in [5.41, 5.74) is 0. The van der Waals surface area contributed by atoms with Crippen LogP contribution < -0.4 is 0 Å². The van der Waals surface area contributed by atoms with Crippen molar-refractivity contribution in [3.63, 3.8) is 0 Å². The van der Waals surface area contributed by atoms with Crippen LogP contribution in [-0.2, 0) is 4.74 Å². The highest BCUT2D eigenvalue weighted by Gasteiger charge is 2.16. The van der Waals surface area contributed by atoms with Crippen LogP contribution in [0.25, 0.3) is 0 Å². The van der Waals surface area contributed by atoms with Gasteiger partial charge in [0.1, 0.15) is 0 Å². The molecule has 14 heavy (non-hydrogen) atoms. The standard InChI is InChI=1S/C11H18N2O/c1-4-10(3)14-6-5-11(8-13)9(2)7-12/h9-11H,4-6H2,1-3H3/t9-,10?,11+/m1/s1. The van der Waals surface area contributed by atoms with Crippen molar-refractivity contribution in [3.05, 3.63) is 0 Å². The average Bonchev–Trinajstić information content (AvgIpc) is 2.22. The van der Waals surface area contributed by atoms with Gasteiger partial charge in [-0.1, -0.05) is 6.92 Å². The second kappa shape index (κ2) is 7.35. The van der Waals surface area contributed by atoms with Crippen LogP contribution in [0.5, 0.6) is 0 Å². The van der Waals surface area contributed by atoms with E-state index in [1.807, 2.05) is 6.92 Å². The van der Waals surface area contributed by atoms with Gasteiger partial charge in [-0.15, -0.1) is 0 Å². The Kier molecular flexibility index (Phi) is 6.80. The van der Waals surface area contributed by atoms with Crippen LogP contribution in [0.3, 0.4) is 0 Å². The zero-order valence-electron chi connectivity index (χ0n) is 9.16. The maximum atomic E-state index is 8.79. The predicted octanol–water partition coefficient (Wildman–Crippen LogP) is 2.49. The second-order valence-corrected chi connectivity index (χ2v) is 3.53. The van der Waals surface area contributed by atoms with E-state index in [0.29, 0.717) is 13.0 Å². The third-order valence-electron chi connectivity index (χ3n) is 2.38. The summed E-state index contributed by atoms with van der Waals surface area (Å²) in [4.78, 5) is 0. The van der Waals surface area contributed by atoms with Gasteiger partial charge >= 0.3 is 0 Å². The highest BCUT2D eigenvalue weighted by molar-refractivity contribution is 4.95. The molecule has 0 aliphatic heterocycles. The molecule has 3 atom stereocenters. The third-order valence-corrected chi connectivity index (χ3v) is 2.38. The number of ether oxygens (including phenoxy) is 1. The Hall–Kier alpha value is -1.06. The second-order valence-electron chi connectivity index (χ2n) is 3.53. The number of hydrogen-bond donors (Lipinski definition) is 0. The van der Waals surface area contributed by atoms with E-state index < -0.39 is 0 Å². The van der Waals surface area contributed by atoms with E-state index in [1.165, 1.54) is 0 Å². The van der Waals surface area contributed by atoms with Crippen LogP contribution in [0.1, 0.15) is 33.6 Å². The van der Waals surface area contributed by atoms with E-state index in [0.717, 1.165) is 6.42 Å². The largest absolute Gasteiger partial charge is 0.378 e. The number of rotatable bonds is 6. The zero-order chi connectivity index (χ0) is 11.0. The predicted molar refractivity (Wildman–Crippen MR) is 54.2 cm³/mol. The molecule has 0 saturated heterocycles. The van der Waals surface area contributed by atoms with Crippen LogP contribution in [0.4, 0.5) is 0 Å². The van der Waals surface area contributed by atoms with E-state index in [4.69, 9.17) is 15.3 Å². The van der Waals surface area contributed by atoms with Crippen molar-refractivity contribution in [2.24, 2.45) is 11.8 Å². The first-order chi connectivity index (χ1) is 6.65. The molecular weight excluding hydrogens is 176 g/mol. The Morgan fingerprint density at radius 3 is 2.29 bits per heavy atom. The molecule has 0 aromatic rings. The molecule has 3 heteroatoms. The average molecular weight is 194 g/mol. The fourth-order valence-electron chi connectivity index (χ4n) is 1.03. The summed E-state index contributed by atoms with van der Waals surface area (Å²) in [6, 6.07) is 4.23. The minimum Gasteiger partial charge on any atom is -0.378 e. The van der Waals surface area contributed by atoms with Crippen molar-refractivity contribution in [2.45, 2.75) is 39.7 Å². The first-order valence-electron chi connectivity index (χ1n) is 5.06. The Morgan fingerprint density at radius 2 is 1.86 bits per heavy atom. The molecular formula is C11H18N2O. The van der Waals surface area contributed by atoms with Crippen LogP contribution in [0.2, 0.25) is 0 Å². The first kappa shape index (κ1) is 12.9. The summed E-state index contributed by atoms with van der Waals surface area (Å²) < 4.78 is 5.46. The van der Waals surface area contributed by atoms with Gasteiger partial charge in [0.05, 0.1) is 30.1 Å². The third kappa shape index (κ3) is 4.84. The molecule has 78 valence electrons. The fourth-order valence-corrected chi connectivity index (χ4v) is 1.03. The number of nitrogens with zero attached hydrogens (tertiary/aromatic N) is 2. The quantitative estimate of drug-likeness (QED) is 0.652. The normalized spacial score (nSPS) is 16.4. The van der Waals surface area contributed by atoms with Gasteiger partial charge in [-0.05, 0) is 26.7 Å². The highest BCUT2D eigenvalue weighted by atomic mass is 16.5. The van der Waals surface area contributed by atoms with Crippen LogP contribution in [0, 0.1) is 34.5 Å². The molecule has 0 spiro atoms. The SMILES string of the molecule is CCC(C)OCC[C@@H](C#N)[C@H](C)C#N. The smallest absolute Gasteiger partial charge is 0.0670 e. The molecule has 0 bridgehead atoms. The van der Waals surface area contributed by atoms with Crippen LogP contribution >= 0.6 is 0 Å². The van der Waals surface area contributed by atoms with Gasteiger partial charge in [0, 0.05) is 6.61 Å².